The number of halogens is 1. The highest BCUT2D eigenvalue weighted by Crippen LogP contribution is 2.31. The summed E-state index contributed by atoms with van der Waals surface area (Å²) >= 11 is 9.19. The number of thiazole rings is 1. The summed E-state index contributed by atoms with van der Waals surface area (Å²) in [7, 11) is 0. The summed E-state index contributed by atoms with van der Waals surface area (Å²) in [5.74, 6) is 1.00. The van der Waals surface area contributed by atoms with Gasteiger partial charge in [0.25, 0.3) is 5.19 Å². The van der Waals surface area contributed by atoms with Crippen molar-refractivity contribution in [3.8, 4) is 5.19 Å². The smallest absolute Gasteiger partial charge is 0.274 e. The quantitative estimate of drug-likeness (QED) is 0.448. The maximum Gasteiger partial charge on any atom is 0.274 e. The molecular formula is C22H23ClN2O2S2. The molecule has 1 aliphatic heterocycles. The Hall–Kier alpha value is -1.76. The number of amides is 1. The average molecular weight is 447 g/mol. The highest BCUT2D eigenvalue weighted by molar-refractivity contribution is 7.99. The van der Waals surface area contributed by atoms with Gasteiger partial charge in [-0.1, -0.05) is 35.1 Å². The number of thioether (sulfide) groups is 1. The van der Waals surface area contributed by atoms with Gasteiger partial charge in [-0.3, -0.25) is 4.79 Å². The molecule has 0 aliphatic carbocycles. The number of hydrogen-bond donors (Lipinski definition) is 0. The Kier molecular flexibility index (Phi) is 6.63. The van der Waals surface area contributed by atoms with Crippen LogP contribution in [0.15, 0.2) is 47.4 Å². The van der Waals surface area contributed by atoms with Crippen LogP contribution in [0.2, 0.25) is 5.02 Å². The predicted octanol–water partition coefficient (Wildman–Crippen LogP) is 5.81. The van der Waals surface area contributed by atoms with Gasteiger partial charge < -0.3 is 9.64 Å². The molecule has 4 rings (SSSR count). The minimum atomic E-state index is 0.128. The van der Waals surface area contributed by atoms with Gasteiger partial charge in [-0.05, 0) is 42.8 Å². The maximum atomic E-state index is 12.5. The van der Waals surface area contributed by atoms with Gasteiger partial charge in [-0.25, -0.2) is 4.98 Å². The molecule has 4 nitrogen and oxygen atoms in total. The standard InChI is InChI=1S/C22H23ClN2O2S2/c1-15-3-2-4-19-21(15)24-22(29-19)27-17-9-12-25(13-10-17)20(26)11-14-28-18-7-5-16(23)6-8-18/h2-8,17H,9-14H2,1H3. The molecule has 0 atom stereocenters. The molecule has 0 radical (unpaired) electrons. The van der Waals surface area contributed by atoms with E-state index in [0.29, 0.717) is 6.42 Å². The second kappa shape index (κ2) is 9.37. The molecular weight excluding hydrogens is 424 g/mol. The molecule has 0 saturated carbocycles. The van der Waals surface area contributed by atoms with Gasteiger partial charge in [-0.2, -0.15) is 0 Å². The first-order valence-corrected chi connectivity index (χ1v) is 12.0. The number of benzene rings is 2. The Bertz CT molecular complexity index is 982. The van der Waals surface area contributed by atoms with Crippen molar-refractivity contribution in [3.63, 3.8) is 0 Å². The van der Waals surface area contributed by atoms with Crippen molar-refractivity contribution >= 4 is 50.8 Å². The van der Waals surface area contributed by atoms with E-state index in [1.165, 1.54) is 5.56 Å². The van der Waals surface area contributed by atoms with Gasteiger partial charge in [-0.15, -0.1) is 11.8 Å². The van der Waals surface area contributed by atoms with Crippen LogP contribution in [0.5, 0.6) is 5.19 Å². The average Bonchev–Trinajstić information content (AvgIpc) is 3.14. The summed E-state index contributed by atoms with van der Waals surface area (Å²) < 4.78 is 7.28. The Morgan fingerprint density at radius 3 is 2.72 bits per heavy atom. The molecule has 1 aromatic heterocycles. The topological polar surface area (TPSA) is 42.4 Å². The molecule has 2 aromatic carbocycles. The third-order valence-electron chi connectivity index (χ3n) is 5.06. The van der Waals surface area contributed by atoms with Crippen LogP contribution in [-0.2, 0) is 4.79 Å². The van der Waals surface area contributed by atoms with Crippen molar-refractivity contribution in [1.29, 1.82) is 0 Å². The van der Waals surface area contributed by atoms with Crippen LogP contribution in [0.25, 0.3) is 10.2 Å². The lowest BCUT2D eigenvalue weighted by Gasteiger charge is -2.31. The van der Waals surface area contributed by atoms with Crippen molar-refractivity contribution in [1.82, 2.24) is 9.88 Å². The number of carbonyl (C=O) groups is 1. The summed E-state index contributed by atoms with van der Waals surface area (Å²) in [4.78, 5) is 20.2. The van der Waals surface area contributed by atoms with E-state index < -0.39 is 0 Å². The molecule has 1 amide bonds. The zero-order valence-corrected chi connectivity index (χ0v) is 18.7. The monoisotopic (exact) mass is 446 g/mol. The molecule has 2 heterocycles. The van der Waals surface area contributed by atoms with Gasteiger partial charge in [0.05, 0.1) is 10.2 Å². The van der Waals surface area contributed by atoms with E-state index in [1.54, 1.807) is 23.1 Å². The molecule has 1 saturated heterocycles. The van der Waals surface area contributed by atoms with E-state index in [9.17, 15) is 4.79 Å². The van der Waals surface area contributed by atoms with Gasteiger partial charge in [0.15, 0.2) is 0 Å². The summed E-state index contributed by atoms with van der Waals surface area (Å²) in [6, 6.07) is 13.9. The molecule has 29 heavy (non-hydrogen) atoms. The number of carbonyl (C=O) groups excluding carboxylic acids is 1. The van der Waals surface area contributed by atoms with Gasteiger partial charge >= 0.3 is 0 Å². The Morgan fingerprint density at radius 1 is 1.24 bits per heavy atom. The SMILES string of the molecule is Cc1cccc2sc(OC3CCN(C(=O)CCSc4ccc(Cl)cc4)CC3)nc12. The van der Waals surface area contributed by atoms with Crippen LogP contribution < -0.4 is 4.74 Å². The number of ether oxygens (including phenoxy) is 1. The predicted molar refractivity (Wildman–Crippen MR) is 121 cm³/mol. The largest absolute Gasteiger partial charge is 0.467 e. The van der Waals surface area contributed by atoms with E-state index >= 15 is 0 Å². The number of aromatic nitrogens is 1. The maximum absolute atomic E-state index is 12.5. The zero-order valence-electron chi connectivity index (χ0n) is 16.3. The first-order valence-electron chi connectivity index (χ1n) is 9.77. The molecule has 0 unspecified atom stereocenters. The number of hydrogen-bond acceptors (Lipinski definition) is 5. The third kappa shape index (κ3) is 5.24. The Balaban J connectivity index is 1.22. The van der Waals surface area contributed by atoms with Crippen molar-refractivity contribution in [2.45, 2.75) is 37.2 Å². The lowest BCUT2D eigenvalue weighted by atomic mass is 10.1. The lowest BCUT2D eigenvalue weighted by molar-refractivity contribution is -0.132. The van der Waals surface area contributed by atoms with Crippen molar-refractivity contribution in [2.24, 2.45) is 0 Å². The van der Waals surface area contributed by atoms with Crippen LogP contribution >= 0.6 is 34.7 Å². The number of rotatable bonds is 6. The van der Waals surface area contributed by atoms with Crippen LogP contribution in [-0.4, -0.2) is 40.7 Å². The number of nitrogens with zero attached hydrogens (tertiary/aromatic N) is 2. The summed E-state index contributed by atoms with van der Waals surface area (Å²) in [6.07, 6.45) is 2.38. The zero-order chi connectivity index (χ0) is 20.2. The highest BCUT2D eigenvalue weighted by atomic mass is 35.5. The summed E-state index contributed by atoms with van der Waals surface area (Å²) in [6.45, 7) is 3.57. The number of aryl methyl sites for hydroxylation is 1. The first kappa shape index (κ1) is 20.5. The molecule has 1 fully saturated rings. The molecule has 0 N–H and O–H groups in total. The lowest BCUT2D eigenvalue weighted by Crippen LogP contribution is -2.41. The summed E-state index contributed by atoms with van der Waals surface area (Å²) in [5.41, 5.74) is 2.20. The van der Waals surface area contributed by atoms with Crippen LogP contribution in [0, 0.1) is 6.92 Å². The van der Waals surface area contributed by atoms with E-state index in [0.717, 1.165) is 57.0 Å². The van der Waals surface area contributed by atoms with Crippen LogP contribution in [0.4, 0.5) is 0 Å². The van der Waals surface area contributed by atoms with E-state index in [-0.39, 0.29) is 12.0 Å². The molecule has 3 aromatic rings. The molecule has 1 aliphatic rings. The van der Waals surface area contributed by atoms with Gasteiger partial charge in [0.1, 0.15) is 6.10 Å². The first-order chi connectivity index (χ1) is 14.1. The van der Waals surface area contributed by atoms with Crippen molar-refractivity contribution in [2.75, 3.05) is 18.8 Å². The molecule has 7 heteroatoms. The second-order valence-corrected chi connectivity index (χ2v) is 9.75. The van der Waals surface area contributed by atoms with Crippen LogP contribution in [0.1, 0.15) is 24.8 Å². The highest BCUT2D eigenvalue weighted by Gasteiger charge is 2.24. The normalized spacial score (nSPS) is 15.0. The number of piperidine rings is 1. The number of likely N-dealkylation sites (tertiary alicyclic amines) is 1. The fourth-order valence-corrected chi connectivity index (χ4v) is 5.35. The van der Waals surface area contributed by atoms with E-state index in [4.69, 9.17) is 16.3 Å². The fourth-order valence-electron chi connectivity index (χ4n) is 3.43. The summed E-state index contributed by atoms with van der Waals surface area (Å²) in [5, 5.41) is 1.47. The molecule has 152 valence electrons. The molecule has 0 spiro atoms. The van der Waals surface area contributed by atoms with E-state index in [1.807, 2.05) is 29.2 Å². The van der Waals surface area contributed by atoms with Gasteiger partial charge in [0, 0.05) is 48.0 Å². The molecule has 0 bridgehead atoms. The number of para-hydroxylation sites is 1. The second-order valence-electron chi connectivity index (χ2n) is 7.15. The number of fused-ring (bicyclic) bond motifs is 1. The fraction of sp³-hybridized carbons (Fsp3) is 0.364. The Morgan fingerprint density at radius 2 is 2.00 bits per heavy atom. The third-order valence-corrected chi connectivity index (χ3v) is 7.24. The minimum absolute atomic E-state index is 0.128. The Labute approximate surface area is 184 Å². The van der Waals surface area contributed by atoms with E-state index in [2.05, 4.69) is 30.1 Å². The van der Waals surface area contributed by atoms with Crippen LogP contribution in [0.3, 0.4) is 0 Å². The minimum Gasteiger partial charge on any atom is -0.467 e. The van der Waals surface area contributed by atoms with Crippen molar-refractivity contribution < 1.29 is 9.53 Å². The van der Waals surface area contributed by atoms with Gasteiger partial charge in [0.2, 0.25) is 5.91 Å². The van der Waals surface area contributed by atoms with Crippen molar-refractivity contribution in [3.05, 3.63) is 53.1 Å².